The normalized spacial score (nSPS) is 9.57. The molecule has 0 aliphatic heterocycles. The van der Waals surface area contributed by atoms with Crippen LogP contribution in [0.15, 0.2) is 6.07 Å². The highest BCUT2D eigenvalue weighted by Gasteiger charge is 2.14. The Balaban J connectivity index is 3.58. The van der Waals surface area contributed by atoms with Gasteiger partial charge in [-0.3, -0.25) is 0 Å². The van der Waals surface area contributed by atoms with Crippen LogP contribution in [-0.4, -0.2) is 11.1 Å². The molecule has 14 heavy (non-hydrogen) atoms. The topological polar surface area (TPSA) is 61.1 Å². The molecule has 0 radical (unpaired) electrons. The number of aromatic carboxylic acids is 1. The number of hydrogen-bond donors (Lipinski definition) is 1. The van der Waals surface area contributed by atoms with Crippen molar-refractivity contribution in [3.05, 3.63) is 33.3 Å². The number of benzene rings is 1. The van der Waals surface area contributed by atoms with Crippen LogP contribution in [0.25, 0.3) is 0 Å². The van der Waals surface area contributed by atoms with Gasteiger partial charge in [0.05, 0.1) is 16.1 Å². The third kappa shape index (κ3) is 1.57. The van der Waals surface area contributed by atoms with Crippen LogP contribution in [0.1, 0.15) is 27.0 Å². The highest BCUT2D eigenvalue weighted by Crippen LogP contribution is 2.25. The van der Waals surface area contributed by atoms with Crippen molar-refractivity contribution in [2.45, 2.75) is 13.8 Å². The molecule has 0 heterocycles. The number of nitrogens with zero attached hydrogens (tertiary/aromatic N) is 1. The first-order valence-corrected chi connectivity index (χ1v) is 4.30. The van der Waals surface area contributed by atoms with Crippen molar-refractivity contribution in [1.82, 2.24) is 0 Å². The summed E-state index contributed by atoms with van der Waals surface area (Å²) in [5.74, 6) is -1.03. The van der Waals surface area contributed by atoms with Crippen LogP contribution in [0, 0.1) is 25.2 Å². The molecule has 1 rings (SSSR count). The summed E-state index contributed by atoms with van der Waals surface area (Å²) in [5, 5.41) is 17.8. The predicted molar refractivity (Wildman–Crippen MR) is 52.6 cm³/mol. The summed E-state index contributed by atoms with van der Waals surface area (Å²) >= 11 is 5.77. The van der Waals surface area contributed by atoms with E-state index in [9.17, 15) is 4.79 Å². The predicted octanol–water partition coefficient (Wildman–Crippen LogP) is 2.53. The number of hydrogen-bond acceptors (Lipinski definition) is 2. The lowest BCUT2D eigenvalue weighted by molar-refractivity contribution is 0.0696. The summed E-state index contributed by atoms with van der Waals surface area (Å²) in [5.41, 5.74) is 1.69. The van der Waals surface area contributed by atoms with Crippen LogP contribution in [-0.2, 0) is 0 Å². The average Bonchev–Trinajstić information content (AvgIpc) is 2.12. The van der Waals surface area contributed by atoms with E-state index in [0.717, 1.165) is 0 Å². The maximum atomic E-state index is 10.8. The summed E-state index contributed by atoms with van der Waals surface area (Å²) in [6.45, 7) is 3.35. The SMILES string of the molecule is Cc1c(C(=O)O)cc(Cl)c(C#N)c1C. The molecule has 1 N–H and O–H groups in total. The number of carbonyl (C=O) groups is 1. The zero-order valence-electron chi connectivity index (χ0n) is 7.76. The van der Waals surface area contributed by atoms with E-state index in [0.29, 0.717) is 16.7 Å². The fraction of sp³-hybridized carbons (Fsp3) is 0.200. The Morgan fingerprint density at radius 3 is 2.50 bits per heavy atom. The zero-order chi connectivity index (χ0) is 10.9. The minimum atomic E-state index is -1.03. The van der Waals surface area contributed by atoms with E-state index in [1.54, 1.807) is 13.8 Å². The molecule has 0 aliphatic carbocycles. The fourth-order valence-corrected chi connectivity index (χ4v) is 1.53. The van der Waals surface area contributed by atoms with Gasteiger partial charge in [0.25, 0.3) is 0 Å². The van der Waals surface area contributed by atoms with Crippen molar-refractivity contribution >= 4 is 17.6 Å². The Morgan fingerprint density at radius 2 is 2.07 bits per heavy atom. The lowest BCUT2D eigenvalue weighted by atomic mass is 9.98. The first-order valence-electron chi connectivity index (χ1n) is 3.92. The molecule has 0 saturated heterocycles. The van der Waals surface area contributed by atoms with Crippen molar-refractivity contribution in [3.8, 4) is 6.07 Å². The van der Waals surface area contributed by atoms with Crippen LogP contribution in [0.3, 0.4) is 0 Å². The van der Waals surface area contributed by atoms with Gasteiger partial charge in [-0.2, -0.15) is 5.26 Å². The van der Waals surface area contributed by atoms with Gasteiger partial charge in [-0.1, -0.05) is 11.6 Å². The Labute approximate surface area is 86.5 Å². The van der Waals surface area contributed by atoms with Crippen molar-refractivity contribution in [2.24, 2.45) is 0 Å². The van der Waals surface area contributed by atoms with E-state index < -0.39 is 5.97 Å². The third-order valence-corrected chi connectivity index (χ3v) is 2.49. The van der Waals surface area contributed by atoms with Crippen LogP contribution in [0.2, 0.25) is 5.02 Å². The van der Waals surface area contributed by atoms with Gasteiger partial charge in [-0.15, -0.1) is 0 Å². The van der Waals surface area contributed by atoms with E-state index in [1.165, 1.54) is 6.07 Å². The molecule has 1 aromatic rings. The lowest BCUT2D eigenvalue weighted by Gasteiger charge is -2.07. The molecule has 0 aromatic heterocycles. The highest BCUT2D eigenvalue weighted by atomic mass is 35.5. The van der Waals surface area contributed by atoms with Gasteiger partial charge in [0.2, 0.25) is 0 Å². The van der Waals surface area contributed by atoms with Gasteiger partial charge in [0.1, 0.15) is 6.07 Å². The van der Waals surface area contributed by atoms with Crippen molar-refractivity contribution in [3.63, 3.8) is 0 Å². The summed E-state index contributed by atoms with van der Waals surface area (Å²) in [4.78, 5) is 10.8. The first-order chi connectivity index (χ1) is 6.49. The van der Waals surface area contributed by atoms with E-state index in [-0.39, 0.29) is 10.6 Å². The second kappa shape index (κ2) is 3.69. The van der Waals surface area contributed by atoms with Gasteiger partial charge >= 0.3 is 5.97 Å². The molecular formula is C10H8ClNO2. The van der Waals surface area contributed by atoms with Gasteiger partial charge in [-0.25, -0.2) is 4.79 Å². The van der Waals surface area contributed by atoms with Crippen LogP contribution in [0.4, 0.5) is 0 Å². The maximum absolute atomic E-state index is 10.8. The van der Waals surface area contributed by atoms with Crippen LogP contribution >= 0.6 is 11.6 Å². The minimum absolute atomic E-state index is 0.145. The molecule has 0 saturated carbocycles. The number of nitriles is 1. The Kier molecular flexibility index (Phi) is 2.78. The average molecular weight is 210 g/mol. The van der Waals surface area contributed by atoms with Crippen molar-refractivity contribution in [1.29, 1.82) is 5.26 Å². The molecule has 0 fully saturated rings. The number of halogens is 1. The largest absolute Gasteiger partial charge is 0.478 e. The molecule has 0 bridgehead atoms. The minimum Gasteiger partial charge on any atom is -0.478 e. The maximum Gasteiger partial charge on any atom is 0.336 e. The third-order valence-electron chi connectivity index (χ3n) is 2.19. The highest BCUT2D eigenvalue weighted by molar-refractivity contribution is 6.32. The van der Waals surface area contributed by atoms with Gasteiger partial charge in [0, 0.05) is 0 Å². The molecule has 1 aromatic carbocycles. The zero-order valence-corrected chi connectivity index (χ0v) is 8.51. The Morgan fingerprint density at radius 1 is 1.50 bits per heavy atom. The van der Waals surface area contributed by atoms with Crippen LogP contribution < -0.4 is 0 Å². The first kappa shape index (κ1) is 10.6. The molecule has 0 unspecified atom stereocenters. The molecular weight excluding hydrogens is 202 g/mol. The molecule has 0 spiro atoms. The second-order valence-corrected chi connectivity index (χ2v) is 3.36. The monoisotopic (exact) mass is 209 g/mol. The Bertz CT molecular complexity index is 446. The molecule has 4 heteroatoms. The number of carboxylic acids is 1. The standard InChI is InChI=1S/C10H8ClNO2/c1-5-6(2)8(4-12)9(11)3-7(5)10(13)14/h3H,1-2H3,(H,13,14). The smallest absolute Gasteiger partial charge is 0.336 e. The van der Waals surface area contributed by atoms with Gasteiger partial charge in [-0.05, 0) is 31.0 Å². The fourth-order valence-electron chi connectivity index (χ4n) is 1.24. The summed E-state index contributed by atoms with van der Waals surface area (Å²) in [6.07, 6.45) is 0. The second-order valence-electron chi connectivity index (χ2n) is 2.95. The van der Waals surface area contributed by atoms with E-state index >= 15 is 0 Å². The van der Waals surface area contributed by atoms with Crippen molar-refractivity contribution in [2.75, 3.05) is 0 Å². The molecule has 0 aliphatic rings. The summed E-state index contributed by atoms with van der Waals surface area (Å²) < 4.78 is 0. The summed E-state index contributed by atoms with van der Waals surface area (Å²) in [6, 6.07) is 3.26. The van der Waals surface area contributed by atoms with Gasteiger partial charge in [0.15, 0.2) is 0 Å². The molecule has 72 valence electrons. The quantitative estimate of drug-likeness (QED) is 0.773. The number of rotatable bonds is 1. The van der Waals surface area contributed by atoms with E-state index in [1.807, 2.05) is 6.07 Å². The molecule has 3 nitrogen and oxygen atoms in total. The van der Waals surface area contributed by atoms with E-state index in [4.69, 9.17) is 22.0 Å². The van der Waals surface area contributed by atoms with Crippen LogP contribution in [0.5, 0.6) is 0 Å². The molecule has 0 amide bonds. The summed E-state index contributed by atoms with van der Waals surface area (Å²) in [7, 11) is 0. The van der Waals surface area contributed by atoms with Crippen molar-refractivity contribution < 1.29 is 9.90 Å². The Hall–Kier alpha value is -1.53. The van der Waals surface area contributed by atoms with E-state index in [2.05, 4.69) is 0 Å². The molecule has 0 atom stereocenters. The number of carboxylic acid groups (broad SMARTS) is 1. The van der Waals surface area contributed by atoms with Gasteiger partial charge < -0.3 is 5.11 Å². The lowest BCUT2D eigenvalue weighted by Crippen LogP contribution is -2.03.